The highest BCUT2D eigenvalue weighted by molar-refractivity contribution is 8.00. The van der Waals surface area contributed by atoms with Crippen LogP contribution in [-0.2, 0) is 11.2 Å². The van der Waals surface area contributed by atoms with Crippen LogP contribution in [0.25, 0.3) is 0 Å². The van der Waals surface area contributed by atoms with Crippen molar-refractivity contribution in [1.29, 1.82) is 0 Å². The fourth-order valence-corrected chi connectivity index (χ4v) is 4.45. The molecule has 0 fully saturated rings. The molecule has 1 aliphatic heterocycles. The zero-order valence-electron chi connectivity index (χ0n) is 15.5. The molecule has 6 heteroatoms. The Kier molecular flexibility index (Phi) is 5.05. The van der Waals surface area contributed by atoms with Gasteiger partial charge >= 0.3 is 0 Å². The minimum Gasteiger partial charge on any atom is -0.366 e. The van der Waals surface area contributed by atoms with Gasteiger partial charge in [0.1, 0.15) is 5.03 Å². The third-order valence-corrected chi connectivity index (χ3v) is 5.98. The molecule has 2 amide bonds. The molecule has 0 saturated carbocycles. The van der Waals surface area contributed by atoms with Crippen LogP contribution in [-0.4, -0.2) is 28.6 Å². The summed E-state index contributed by atoms with van der Waals surface area (Å²) in [6, 6.07) is 8.12. The van der Waals surface area contributed by atoms with Crippen LogP contribution in [0.15, 0.2) is 29.3 Å². The normalized spacial score (nSPS) is 15.8. The second kappa shape index (κ2) is 7.11. The van der Waals surface area contributed by atoms with Gasteiger partial charge in [-0.3, -0.25) is 9.59 Å². The van der Waals surface area contributed by atoms with Crippen LogP contribution in [0.4, 0.5) is 5.69 Å². The monoisotopic (exact) mass is 369 g/mol. The van der Waals surface area contributed by atoms with Crippen molar-refractivity contribution >= 4 is 29.3 Å². The number of hydrogen-bond acceptors (Lipinski definition) is 4. The van der Waals surface area contributed by atoms with Crippen LogP contribution in [0.1, 0.15) is 39.7 Å². The average Bonchev–Trinajstić information content (AvgIpc) is 2.92. The quantitative estimate of drug-likeness (QED) is 0.840. The van der Waals surface area contributed by atoms with Gasteiger partial charge in [-0.15, -0.1) is 0 Å². The first-order valence-corrected chi connectivity index (χ1v) is 9.60. The van der Waals surface area contributed by atoms with Crippen LogP contribution in [0.3, 0.4) is 0 Å². The lowest BCUT2D eigenvalue weighted by molar-refractivity contribution is -0.116. The topological polar surface area (TPSA) is 76.3 Å². The van der Waals surface area contributed by atoms with E-state index in [-0.39, 0.29) is 17.7 Å². The Balaban J connectivity index is 1.84. The molecule has 1 aromatic heterocycles. The van der Waals surface area contributed by atoms with Gasteiger partial charge in [-0.2, -0.15) is 0 Å². The van der Waals surface area contributed by atoms with E-state index in [1.165, 1.54) is 17.3 Å². The molecule has 1 aromatic carbocycles. The number of para-hydroxylation sites is 1. The number of carbonyl (C=O) groups is 2. The molecule has 0 saturated heterocycles. The molecule has 136 valence electrons. The number of pyridine rings is 1. The van der Waals surface area contributed by atoms with E-state index in [4.69, 9.17) is 5.73 Å². The number of aromatic nitrogens is 1. The highest BCUT2D eigenvalue weighted by Gasteiger charge is 2.30. The third-order valence-electron chi connectivity index (χ3n) is 5.02. The highest BCUT2D eigenvalue weighted by atomic mass is 32.2. The van der Waals surface area contributed by atoms with Gasteiger partial charge in [0.05, 0.1) is 11.3 Å². The maximum Gasteiger partial charge on any atom is 0.251 e. The predicted octanol–water partition coefficient (Wildman–Crippen LogP) is 3.18. The Morgan fingerprint density at radius 3 is 2.62 bits per heavy atom. The second-order valence-corrected chi connectivity index (χ2v) is 7.69. The lowest BCUT2D eigenvalue weighted by atomic mass is 10.0. The van der Waals surface area contributed by atoms with Crippen molar-refractivity contribution in [2.45, 2.75) is 45.2 Å². The Bertz CT molecular complexity index is 895. The van der Waals surface area contributed by atoms with Gasteiger partial charge in [0.2, 0.25) is 5.91 Å². The first-order valence-electron chi connectivity index (χ1n) is 8.61. The minimum absolute atomic E-state index is 0.0144. The molecule has 26 heavy (non-hydrogen) atoms. The predicted molar refractivity (Wildman–Crippen MR) is 105 cm³/mol. The molecule has 2 heterocycles. The second-order valence-electron chi connectivity index (χ2n) is 6.73. The molecule has 0 spiro atoms. The smallest absolute Gasteiger partial charge is 0.251 e. The number of thioether (sulfide) groups is 1. The number of fused-ring (bicyclic) bond motifs is 1. The van der Waals surface area contributed by atoms with Crippen LogP contribution < -0.4 is 10.6 Å². The lowest BCUT2D eigenvalue weighted by Crippen LogP contribution is -2.37. The fourth-order valence-electron chi connectivity index (χ4n) is 3.45. The van der Waals surface area contributed by atoms with Crippen LogP contribution in [0, 0.1) is 20.8 Å². The molecule has 1 aliphatic rings. The Morgan fingerprint density at radius 2 is 1.92 bits per heavy atom. The summed E-state index contributed by atoms with van der Waals surface area (Å²) in [5.41, 5.74) is 10.8. The Hall–Kier alpha value is -2.34. The van der Waals surface area contributed by atoms with Crippen molar-refractivity contribution < 1.29 is 9.59 Å². The number of benzene rings is 1. The SMILES string of the molecule is Cc1nc(SCC(=O)N2c3ccccc3CC2C)c(C(N)=O)c(C)c1C. The van der Waals surface area contributed by atoms with E-state index >= 15 is 0 Å². The summed E-state index contributed by atoms with van der Waals surface area (Å²) in [4.78, 5) is 31.1. The maximum absolute atomic E-state index is 12.9. The van der Waals surface area contributed by atoms with Crippen LogP contribution in [0.5, 0.6) is 0 Å². The number of amides is 2. The number of primary amides is 1. The van der Waals surface area contributed by atoms with Crippen molar-refractivity contribution in [2.24, 2.45) is 5.73 Å². The van der Waals surface area contributed by atoms with Gasteiger partial charge in [-0.1, -0.05) is 30.0 Å². The van der Waals surface area contributed by atoms with Gasteiger partial charge < -0.3 is 10.6 Å². The van der Waals surface area contributed by atoms with Crippen LogP contribution >= 0.6 is 11.8 Å². The van der Waals surface area contributed by atoms with E-state index in [9.17, 15) is 9.59 Å². The summed E-state index contributed by atoms with van der Waals surface area (Å²) in [6.07, 6.45) is 0.861. The molecular weight excluding hydrogens is 346 g/mol. The van der Waals surface area contributed by atoms with E-state index in [2.05, 4.69) is 18.0 Å². The zero-order valence-corrected chi connectivity index (χ0v) is 16.3. The Morgan fingerprint density at radius 1 is 1.23 bits per heavy atom. The minimum atomic E-state index is -0.507. The van der Waals surface area contributed by atoms with E-state index in [0.717, 1.165) is 28.9 Å². The molecular formula is C20H23N3O2S. The molecule has 2 aromatic rings. The van der Waals surface area contributed by atoms with Gasteiger partial charge in [-0.25, -0.2) is 4.98 Å². The highest BCUT2D eigenvalue weighted by Crippen LogP contribution is 2.33. The maximum atomic E-state index is 12.9. The van der Waals surface area contributed by atoms with Crippen molar-refractivity contribution in [3.05, 3.63) is 52.2 Å². The summed E-state index contributed by atoms with van der Waals surface area (Å²) >= 11 is 1.28. The summed E-state index contributed by atoms with van der Waals surface area (Å²) < 4.78 is 0. The first kappa shape index (κ1) is 18.5. The van der Waals surface area contributed by atoms with Gasteiger partial charge in [0.15, 0.2) is 0 Å². The molecule has 3 rings (SSSR count). The summed E-state index contributed by atoms with van der Waals surface area (Å²) in [7, 11) is 0. The number of aryl methyl sites for hydroxylation is 1. The van der Waals surface area contributed by atoms with Crippen molar-refractivity contribution in [2.75, 3.05) is 10.7 Å². The molecule has 1 atom stereocenters. The van der Waals surface area contributed by atoms with Gasteiger partial charge in [-0.05, 0) is 56.9 Å². The number of nitrogens with zero attached hydrogens (tertiary/aromatic N) is 2. The van der Waals surface area contributed by atoms with E-state index in [1.807, 2.05) is 43.9 Å². The number of rotatable bonds is 4. The summed E-state index contributed by atoms with van der Waals surface area (Å²) in [5.74, 6) is -0.276. The molecule has 0 aliphatic carbocycles. The van der Waals surface area contributed by atoms with E-state index in [1.54, 1.807) is 0 Å². The number of carbonyl (C=O) groups excluding carboxylic acids is 2. The average molecular weight is 369 g/mol. The fraction of sp³-hybridized carbons (Fsp3) is 0.350. The lowest BCUT2D eigenvalue weighted by Gasteiger charge is -2.23. The molecule has 2 N–H and O–H groups in total. The molecule has 1 unspecified atom stereocenters. The zero-order chi connectivity index (χ0) is 19.0. The first-order chi connectivity index (χ1) is 12.3. The summed E-state index contributed by atoms with van der Waals surface area (Å²) in [6.45, 7) is 7.74. The standard InChI is InChI=1S/C20H23N3O2S/c1-11-9-15-7-5-6-8-16(15)23(11)17(24)10-26-20-18(19(21)25)13(3)12(2)14(4)22-20/h5-8,11H,9-10H2,1-4H3,(H2,21,25). The number of nitrogens with two attached hydrogens (primary N) is 1. The van der Waals surface area contributed by atoms with E-state index in [0.29, 0.717) is 10.6 Å². The largest absolute Gasteiger partial charge is 0.366 e. The number of hydrogen-bond donors (Lipinski definition) is 1. The van der Waals surface area contributed by atoms with Gasteiger partial charge in [0.25, 0.3) is 5.91 Å². The molecule has 5 nitrogen and oxygen atoms in total. The van der Waals surface area contributed by atoms with Crippen molar-refractivity contribution in [3.8, 4) is 0 Å². The third kappa shape index (κ3) is 3.21. The van der Waals surface area contributed by atoms with Crippen LogP contribution in [0.2, 0.25) is 0 Å². The molecule has 0 radical (unpaired) electrons. The molecule has 0 bridgehead atoms. The van der Waals surface area contributed by atoms with Gasteiger partial charge in [0, 0.05) is 17.4 Å². The number of anilines is 1. The van der Waals surface area contributed by atoms with E-state index < -0.39 is 5.91 Å². The Labute approximate surface area is 158 Å². The van der Waals surface area contributed by atoms with Crippen molar-refractivity contribution in [1.82, 2.24) is 4.98 Å². The summed E-state index contributed by atoms with van der Waals surface area (Å²) in [5, 5.41) is 0.534. The van der Waals surface area contributed by atoms with Crippen molar-refractivity contribution in [3.63, 3.8) is 0 Å².